The number of anilines is 2. The molecule has 1 aromatic carbocycles. The lowest BCUT2D eigenvalue weighted by atomic mass is 9.90. The number of nitrogens with zero attached hydrogens (tertiary/aromatic N) is 6. The molecule has 0 saturated carbocycles. The normalized spacial score (nSPS) is 18.4. The van der Waals surface area contributed by atoms with Crippen LogP contribution in [0, 0.1) is 6.92 Å². The molecule has 0 bridgehead atoms. The summed E-state index contributed by atoms with van der Waals surface area (Å²) in [6, 6.07) is 6.57. The maximum absolute atomic E-state index is 12.9. The molecule has 168 valence electrons. The molecule has 3 aromatic rings. The Labute approximate surface area is 192 Å². The number of piperazine rings is 1. The summed E-state index contributed by atoms with van der Waals surface area (Å²) in [6.07, 6.45) is 3.45. The van der Waals surface area contributed by atoms with E-state index in [9.17, 15) is 4.79 Å². The molecule has 2 aliphatic rings. The molecule has 0 spiro atoms. The predicted molar refractivity (Wildman–Crippen MR) is 128 cm³/mol. The largest absolute Gasteiger partial charge is 0.396 e. The summed E-state index contributed by atoms with van der Waals surface area (Å²) in [7, 11) is 2.17. The van der Waals surface area contributed by atoms with Gasteiger partial charge in [-0.05, 0) is 56.5 Å². The van der Waals surface area contributed by atoms with Gasteiger partial charge < -0.3 is 20.4 Å². The van der Waals surface area contributed by atoms with Crippen LogP contribution >= 0.6 is 11.5 Å². The number of likely N-dealkylation sites (N-methyl/N-ethyl adjacent to an activating group) is 1. The zero-order chi connectivity index (χ0) is 22.2. The lowest BCUT2D eigenvalue weighted by molar-refractivity contribution is 0.0718. The SMILES string of the molecule is Cc1nsc(C(=O)N2CCC(c3ncnc4cc(N5CCN(C)CC5)ccc34)CC2)c1N. The van der Waals surface area contributed by atoms with Crippen molar-refractivity contribution < 1.29 is 4.79 Å². The molecule has 4 heterocycles. The number of hydrogen-bond donors (Lipinski definition) is 1. The third-order valence-electron chi connectivity index (χ3n) is 6.79. The van der Waals surface area contributed by atoms with Gasteiger partial charge in [0.05, 0.1) is 22.6 Å². The lowest BCUT2D eigenvalue weighted by Gasteiger charge is -2.34. The van der Waals surface area contributed by atoms with Gasteiger partial charge in [0.15, 0.2) is 0 Å². The number of fused-ring (bicyclic) bond motifs is 1. The summed E-state index contributed by atoms with van der Waals surface area (Å²) in [4.78, 5) is 29.4. The molecule has 0 atom stereocenters. The van der Waals surface area contributed by atoms with E-state index in [1.165, 1.54) is 17.2 Å². The first kappa shape index (κ1) is 21.1. The van der Waals surface area contributed by atoms with Gasteiger partial charge in [-0.25, -0.2) is 9.97 Å². The Morgan fingerprint density at radius 1 is 1.09 bits per heavy atom. The quantitative estimate of drug-likeness (QED) is 0.655. The van der Waals surface area contributed by atoms with Crippen molar-refractivity contribution in [1.29, 1.82) is 0 Å². The molecule has 2 N–H and O–H groups in total. The van der Waals surface area contributed by atoms with E-state index in [0.29, 0.717) is 29.6 Å². The average Bonchev–Trinajstić information content (AvgIpc) is 3.16. The smallest absolute Gasteiger partial charge is 0.267 e. The molecule has 2 fully saturated rings. The van der Waals surface area contributed by atoms with E-state index in [1.807, 2.05) is 11.8 Å². The van der Waals surface area contributed by atoms with Crippen molar-refractivity contribution in [2.24, 2.45) is 0 Å². The fourth-order valence-corrected chi connectivity index (χ4v) is 5.46. The summed E-state index contributed by atoms with van der Waals surface area (Å²) in [6.45, 7) is 7.47. The van der Waals surface area contributed by atoms with Gasteiger partial charge >= 0.3 is 0 Å². The molecule has 2 aromatic heterocycles. The number of carbonyl (C=O) groups excluding carboxylic acids is 1. The van der Waals surface area contributed by atoms with E-state index in [4.69, 9.17) is 5.73 Å². The molecule has 0 aliphatic carbocycles. The number of hydrogen-bond acceptors (Lipinski definition) is 8. The fourth-order valence-electron chi connectivity index (χ4n) is 4.68. The van der Waals surface area contributed by atoms with Crippen LogP contribution in [0.4, 0.5) is 11.4 Å². The van der Waals surface area contributed by atoms with Crippen LogP contribution in [-0.4, -0.2) is 76.4 Å². The zero-order valence-electron chi connectivity index (χ0n) is 18.6. The molecule has 9 heteroatoms. The monoisotopic (exact) mass is 451 g/mol. The van der Waals surface area contributed by atoms with Crippen LogP contribution in [0.2, 0.25) is 0 Å². The highest BCUT2D eigenvalue weighted by atomic mass is 32.1. The van der Waals surface area contributed by atoms with E-state index < -0.39 is 0 Å². The molecular formula is C23H29N7OS. The van der Waals surface area contributed by atoms with Crippen LogP contribution in [0.25, 0.3) is 10.9 Å². The van der Waals surface area contributed by atoms with Crippen LogP contribution in [0.3, 0.4) is 0 Å². The molecular weight excluding hydrogens is 422 g/mol. The number of nitrogens with two attached hydrogens (primary N) is 1. The van der Waals surface area contributed by atoms with Gasteiger partial charge in [-0.3, -0.25) is 4.79 Å². The Bertz CT molecular complexity index is 1130. The second kappa shape index (κ2) is 8.63. The van der Waals surface area contributed by atoms with Crippen molar-refractivity contribution in [3.63, 3.8) is 0 Å². The standard InChI is InChI=1S/C23H29N7OS/c1-15-20(24)22(32-27-15)23(31)30-7-5-16(6-8-30)21-18-4-3-17(13-19(18)25-14-26-21)29-11-9-28(2)10-12-29/h3-4,13-14,16H,5-12,24H2,1-2H3. The van der Waals surface area contributed by atoms with E-state index >= 15 is 0 Å². The van der Waals surface area contributed by atoms with Crippen LogP contribution in [0.5, 0.6) is 0 Å². The van der Waals surface area contributed by atoms with Crippen molar-refractivity contribution in [2.45, 2.75) is 25.7 Å². The highest BCUT2D eigenvalue weighted by molar-refractivity contribution is 7.08. The third-order valence-corrected chi connectivity index (χ3v) is 7.73. The molecule has 1 amide bonds. The number of rotatable bonds is 3. The van der Waals surface area contributed by atoms with E-state index in [2.05, 4.69) is 49.4 Å². The van der Waals surface area contributed by atoms with Crippen molar-refractivity contribution in [3.8, 4) is 0 Å². The third kappa shape index (κ3) is 3.91. The number of aromatic nitrogens is 3. The van der Waals surface area contributed by atoms with Crippen molar-refractivity contribution in [1.82, 2.24) is 24.1 Å². The number of likely N-dealkylation sites (tertiary alicyclic amines) is 1. The van der Waals surface area contributed by atoms with Gasteiger partial charge in [-0.2, -0.15) is 4.37 Å². The summed E-state index contributed by atoms with van der Waals surface area (Å²) in [5, 5.41) is 1.12. The maximum Gasteiger partial charge on any atom is 0.267 e. The van der Waals surface area contributed by atoms with Gasteiger partial charge in [0.2, 0.25) is 0 Å². The molecule has 5 rings (SSSR count). The number of nitrogen functional groups attached to an aromatic ring is 1. The first-order valence-corrected chi connectivity index (χ1v) is 12.0. The molecule has 32 heavy (non-hydrogen) atoms. The summed E-state index contributed by atoms with van der Waals surface area (Å²) >= 11 is 1.20. The van der Waals surface area contributed by atoms with Crippen LogP contribution in [-0.2, 0) is 0 Å². The first-order chi connectivity index (χ1) is 15.5. The second-order valence-electron chi connectivity index (χ2n) is 8.83. The van der Waals surface area contributed by atoms with Gasteiger partial charge in [-0.1, -0.05) is 0 Å². The number of benzene rings is 1. The van der Waals surface area contributed by atoms with E-state index in [1.54, 1.807) is 6.33 Å². The Kier molecular flexibility index (Phi) is 5.69. The Morgan fingerprint density at radius 2 is 1.84 bits per heavy atom. The van der Waals surface area contributed by atoms with E-state index in [-0.39, 0.29) is 5.91 Å². The maximum atomic E-state index is 12.9. The fraction of sp³-hybridized carbons (Fsp3) is 0.478. The Morgan fingerprint density at radius 3 is 2.53 bits per heavy atom. The van der Waals surface area contributed by atoms with Crippen molar-refractivity contribution in [3.05, 3.63) is 40.8 Å². The summed E-state index contributed by atoms with van der Waals surface area (Å²) in [5.74, 6) is 0.315. The average molecular weight is 452 g/mol. The summed E-state index contributed by atoms with van der Waals surface area (Å²) < 4.78 is 4.22. The first-order valence-electron chi connectivity index (χ1n) is 11.2. The number of carbonyl (C=O) groups is 1. The Hall–Kier alpha value is -2.78. The topological polar surface area (TPSA) is 91.5 Å². The van der Waals surface area contributed by atoms with Crippen LogP contribution < -0.4 is 10.6 Å². The zero-order valence-corrected chi connectivity index (χ0v) is 19.4. The van der Waals surface area contributed by atoms with Crippen LogP contribution in [0.15, 0.2) is 24.5 Å². The number of amides is 1. The predicted octanol–water partition coefficient (Wildman–Crippen LogP) is 2.75. The molecule has 0 unspecified atom stereocenters. The van der Waals surface area contributed by atoms with Crippen molar-refractivity contribution in [2.75, 3.05) is 56.9 Å². The highest BCUT2D eigenvalue weighted by Crippen LogP contribution is 2.33. The Balaban J connectivity index is 1.31. The van der Waals surface area contributed by atoms with Gasteiger partial charge in [0, 0.05) is 56.3 Å². The number of aryl methyl sites for hydroxylation is 1. The molecule has 8 nitrogen and oxygen atoms in total. The minimum atomic E-state index is -0.00378. The lowest BCUT2D eigenvalue weighted by Crippen LogP contribution is -2.44. The van der Waals surface area contributed by atoms with Gasteiger partial charge in [0.25, 0.3) is 5.91 Å². The minimum absolute atomic E-state index is 0.00378. The molecule has 2 saturated heterocycles. The van der Waals surface area contributed by atoms with Crippen LogP contribution in [0.1, 0.15) is 39.8 Å². The molecule has 2 aliphatic heterocycles. The number of piperidine rings is 1. The second-order valence-corrected chi connectivity index (χ2v) is 9.60. The minimum Gasteiger partial charge on any atom is -0.396 e. The van der Waals surface area contributed by atoms with Gasteiger partial charge in [0.1, 0.15) is 11.2 Å². The van der Waals surface area contributed by atoms with Gasteiger partial charge in [-0.15, -0.1) is 0 Å². The van der Waals surface area contributed by atoms with Crippen molar-refractivity contribution >= 4 is 39.7 Å². The molecule has 0 radical (unpaired) electrons. The highest BCUT2D eigenvalue weighted by Gasteiger charge is 2.29. The summed E-state index contributed by atoms with van der Waals surface area (Å²) in [5.41, 5.74) is 10.6. The van der Waals surface area contributed by atoms with E-state index in [0.717, 1.165) is 61.3 Å².